The van der Waals surface area contributed by atoms with E-state index in [9.17, 15) is 0 Å². The van der Waals surface area contributed by atoms with Gasteiger partial charge in [-0.3, -0.25) is 4.57 Å². The van der Waals surface area contributed by atoms with Crippen molar-refractivity contribution in [2.75, 3.05) is 0 Å². The van der Waals surface area contributed by atoms with Crippen molar-refractivity contribution in [2.45, 2.75) is 0 Å². The molecule has 0 bridgehead atoms. The zero-order valence-electron chi connectivity index (χ0n) is 26.7. The number of rotatable bonds is 5. The molecule has 0 unspecified atom stereocenters. The number of benzene rings is 6. The van der Waals surface area contributed by atoms with Crippen molar-refractivity contribution in [3.05, 3.63) is 164 Å². The predicted molar refractivity (Wildman–Crippen MR) is 201 cm³/mol. The molecular weight excluding hydrogens is 615 g/mol. The maximum atomic E-state index is 6.65. The lowest BCUT2D eigenvalue weighted by molar-refractivity contribution is 0.668. The summed E-state index contributed by atoms with van der Waals surface area (Å²) in [6.07, 6.45) is 0. The highest BCUT2D eigenvalue weighted by Gasteiger charge is 2.23. The van der Waals surface area contributed by atoms with Crippen molar-refractivity contribution in [2.24, 2.45) is 0 Å². The number of furan rings is 1. The Bertz CT molecular complexity index is 2780. The van der Waals surface area contributed by atoms with Crippen LogP contribution in [-0.4, -0.2) is 24.5 Å². The van der Waals surface area contributed by atoms with Crippen molar-refractivity contribution in [3.63, 3.8) is 0 Å². The van der Waals surface area contributed by atoms with Gasteiger partial charge in [0.25, 0.3) is 0 Å². The van der Waals surface area contributed by atoms with Crippen LogP contribution in [0.4, 0.5) is 0 Å². The molecule has 234 valence electrons. The third kappa shape index (κ3) is 4.50. The summed E-state index contributed by atoms with van der Waals surface area (Å²) in [7, 11) is 0. The quantitative estimate of drug-likeness (QED) is 0.187. The second-order valence-electron chi connectivity index (χ2n) is 12.3. The fraction of sp³-hybridized carbons (Fsp3) is 0. The van der Waals surface area contributed by atoms with Gasteiger partial charge in [-0.05, 0) is 24.3 Å². The zero-order chi connectivity index (χ0) is 33.0. The van der Waals surface area contributed by atoms with Crippen LogP contribution >= 0.6 is 0 Å². The summed E-state index contributed by atoms with van der Waals surface area (Å²) < 4.78 is 8.90. The van der Waals surface area contributed by atoms with Gasteiger partial charge < -0.3 is 4.42 Å². The summed E-state index contributed by atoms with van der Waals surface area (Å²) in [5.74, 6) is 1.86. The van der Waals surface area contributed by atoms with Crippen molar-refractivity contribution in [3.8, 4) is 51.1 Å². The Hall–Kier alpha value is -6.92. The van der Waals surface area contributed by atoms with E-state index in [-0.39, 0.29) is 0 Å². The predicted octanol–water partition coefficient (Wildman–Crippen LogP) is 10.9. The van der Waals surface area contributed by atoms with Crippen LogP contribution in [0.25, 0.3) is 95.0 Å². The molecule has 0 aliphatic rings. The van der Waals surface area contributed by atoms with Gasteiger partial charge in [-0.1, -0.05) is 140 Å². The minimum atomic E-state index is 0.603. The van der Waals surface area contributed by atoms with Gasteiger partial charge in [-0.2, -0.15) is 0 Å². The molecule has 0 aliphatic heterocycles. The van der Waals surface area contributed by atoms with E-state index in [0.29, 0.717) is 17.5 Å². The van der Waals surface area contributed by atoms with Crippen molar-refractivity contribution in [1.82, 2.24) is 24.5 Å². The number of fused-ring (bicyclic) bond motifs is 7. The van der Waals surface area contributed by atoms with Crippen LogP contribution in [-0.2, 0) is 0 Å². The molecule has 0 saturated carbocycles. The summed E-state index contributed by atoms with van der Waals surface area (Å²) in [4.78, 5) is 20.1. The summed E-state index contributed by atoms with van der Waals surface area (Å²) >= 11 is 0. The van der Waals surface area contributed by atoms with Gasteiger partial charge in [0.05, 0.1) is 5.52 Å². The minimum absolute atomic E-state index is 0.603. The molecule has 6 heteroatoms. The van der Waals surface area contributed by atoms with Gasteiger partial charge in [-0.25, -0.2) is 19.9 Å². The second-order valence-corrected chi connectivity index (χ2v) is 12.3. The van der Waals surface area contributed by atoms with Crippen LogP contribution in [0.2, 0.25) is 0 Å². The fourth-order valence-electron chi connectivity index (χ4n) is 6.94. The van der Waals surface area contributed by atoms with Crippen molar-refractivity contribution < 1.29 is 4.42 Å². The van der Waals surface area contributed by atoms with Gasteiger partial charge in [0, 0.05) is 49.5 Å². The Morgan fingerprint density at radius 2 is 0.900 bits per heavy atom. The lowest BCUT2D eigenvalue weighted by Gasteiger charge is -2.10. The van der Waals surface area contributed by atoms with E-state index < -0.39 is 0 Å². The summed E-state index contributed by atoms with van der Waals surface area (Å²) in [6, 6.07) is 55.5. The van der Waals surface area contributed by atoms with Crippen LogP contribution in [0.3, 0.4) is 0 Å². The summed E-state index contributed by atoms with van der Waals surface area (Å²) in [5.41, 5.74) is 9.09. The van der Waals surface area contributed by atoms with E-state index in [1.54, 1.807) is 0 Å². The summed E-state index contributed by atoms with van der Waals surface area (Å²) in [5, 5.41) is 4.34. The molecule has 0 aliphatic carbocycles. The molecular formula is C44H27N5O. The minimum Gasteiger partial charge on any atom is -0.454 e. The van der Waals surface area contributed by atoms with Gasteiger partial charge in [-0.15, -0.1) is 0 Å². The van der Waals surface area contributed by atoms with E-state index in [1.807, 2.05) is 78.9 Å². The first-order valence-electron chi connectivity index (χ1n) is 16.6. The summed E-state index contributed by atoms with van der Waals surface area (Å²) in [6.45, 7) is 0. The lowest BCUT2D eigenvalue weighted by atomic mass is 10.0. The van der Waals surface area contributed by atoms with E-state index in [2.05, 4.69) is 89.5 Å². The molecule has 6 aromatic carbocycles. The number of hydrogen-bond acceptors (Lipinski definition) is 5. The van der Waals surface area contributed by atoms with Crippen LogP contribution in [0.15, 0.2) is 168 Å². The smallest absolute Gasteiger partial charge is 0.164 e. The average molecular weight is 642 g/mol. The Labute approximate surface area is 287 Å². The molecule has 0 fully saturated rings. The van der Waals surface area contributed by atoms with Crippen molar-refractivity contribution in [1.29, 1.82) is 0 Å². The SMILES string of the molecule is c1ccc(-c2nc(-c3ccccc3)nc(-c3ccc(-c4nc5c(c6ccccc6n5-c5ccccc5)c5c4oc4ccccc45)cc3)n2)cc1. The molecule has 4 aromatic heterocycles. The monoisotopic (exact) mass is 641 g/mol. The molecule has 0 atom stereocenters. The van der Waals surface area contributed by atoms with Gasteiger partial charge in [0.2, 0.25) is 0 Å². The molecule has 0 radical (unpaired) electrons. The van der Waals surface area contributed by atoms with Gasteiger partial charge >= 0.3 is 0 Å². The largest absolute Gasteiger partial charge is 0.454 e. The number of para-hydroxylation sites is 3. The van der Waals surface area contributed by atoms with Gasteiger partial charge in [0.1, 0.15) is 16.9 Å². The first kappa shape index (κ1) is 28.1. The van der Waals surface area contributed by atoms with E-state index in [1.165, 1.54) is 0 Å². The third-order valence-corrected chi connectivity index (χ3v) is 9.26. The Morgan fingerprint density at radius 3 is 1.54 bits per heavy atom. The molecule has 10 aromatic rings. The van der Waals surface area contributed by atoms with Crippen LogP contribution < -0.4 is 0 Å². The Balaban J connectivity index is 1.19. The maximum absolute atomic E-state index is 6.65. The van der Waals surface area contributed by atoms with Crippen LogP contribution in [0.1, 0.15) is 0 Å². The molecule has 0 spiro atoms. The Kier molecular flexibility index (Phi) is 6.39. The second kappa shape index (κ2) is 11.4. The Morgan fingerprint density at radius 1 is 0.400 bits per heavy atom. The standard InChI is InChI=1S/C44H27N5O/c1-4-14-29(15-5-1)41-46-42(30-16-6-2-7-17-30)48-43(47-41)31-26-24-28(25-27-31)39-40-37(34-21-11-13-23-36(34)50-40)38-33-20-10-12-22-35(33)49(44(38)45-39)32-18-8-3-9-19-32/h1-27H. The topological polar surface area (TPSA) is 69.6 Å². The number of hydrogen-bond donors (Lipinski definition) is 0. The third-order valence-electron chi connectivity index (χ3n) is 9.26. The first-order chi connectivity index (χ1) is 24.8. The zero-order valence-corrected chi connectivity index (χ0v) is 26.7. The lowest BCUT2D eigenvalue weighted by Crippen LogP contribution is -2.00. The highest BCUT2D eigenvalue weighted by molar-refractivity contribution is 6.28. The van der Waals surface area contributed by atoms with E-state index >= 15 is 0 Å². The molecule has 10 rings (SSSR count). The first-order valence-corrected chi connectivity index (χ1v) is 16.6. The number of aromatic nitrogens is 5. The van der Waals surface area contributed by atoms with Crippen molar-refractivity contribution >= 4 is 43.9 Å². The highest BCUT2D eigenvalue weighted by atomic mass is 16.3. The maximum Gasteiger partial charge on any atom is 0.164 e. The average Bonchev–Trinajstić information content (AvgIpc) is 3.74. The molecule has 50 heavy (non-hydrogen) atoms. The number of pyridine rings is 1. The van der Waals surface area contributed by atoms with Crippen LogP contribution in [0, 0.1) is 0 Å². The fourth-order valence-corrected chi connectivity index (χ4v) is 6.94. The number of nitrogens with zero attached hydrogens (tertiary/aromatic N) is 5. The van der Waals surface area contributed by atoms with E-state index in [4.69, 9.17) is 24.4 Å². The van der Waals surface area contributed by atoms with E-state index in [0.717, 1.165) is 77.5 Å². The highest BCUT2D eigenvalue weighted by Crippen LogP contribution is 2.44. The molecule has 4 heterocycles. The molecule has 0 saturated heterocycles. The molecule has 0 amide bonds. The molecule has 6 nitrogen and oxygen atoms in total. The normalized spacial score (nSPS) is 11.6. The van der Waals surface area contributed by atoms with Crippen LogP contribution in [0.5, 0.6) is 0 Å². The van der Waals surface area contributed by atoms with Gasteiger partial charge in [0.15, 0.2) is 23.1 Å². The molecule has 0 N–H and O–H groups in total.